The Kier molecular flexibility index (Phi) is 8.46. The van der Waals surface area contributed by atoms with Crippen molar-refractivity contribution in [2.24, 2.45) is 14.1 Å². The lowest BCUT2D eigenvalue weighted by atomic mass is 10.1. The Morgan fingerprint density at radius 1 is 0.564 bits per heavy atom. The molecule has 6 nitrogen and oxygen atoms in total. The van der Waals surface area contributed by atoms with Gasteiger partial charge in [-0.25, -0.2) is 0 Å². The third-order valence-corrected chi connectivity index (χ3v) is 7.82. The van der Waals surface area contributed by atoms with Crippen LogP contribution in [0.2, 0.25) is 0 Å². The van der Waals surface area contributed by atoms with Crippen LogP contribution in [0.15, 0.2) is 73.1 Å². The van der Waals surface area contributed by atoms with Gasteiger partial charge >= 0.3 is 0 Å². The lowest BCUT2D eigenvalue weighted by Gasteiger charge is -2.09. The van der Waals surface area contributed by atoms with Gasteiger partial charge < -0.3 is 19.8 Å². The number of hydrogen-bond donors (Lipinski definition) is 2. The summed E-state index contributed by atoms with van der Waals surface area (Å²) in [4.78, 5) is 9.39. The molecule has 0 saturated carbocycles. The molecule has 2 N–H and O–H groups in total. The van der Waals surface area contributed by atoms with Crippen molar-refractivity contribution in [3.63, 3.8) is 0 Å². The second-order valence-corrected chi connectivity index (χ2v) is 10.2. The van der Waals surface area contributed by atoms with Gasteiger partial charge in [0.1, 0.15) is 0 Å². The summed E-state index contributed by atoms with van der Waals surface area (Å²) >= 11 is 0. The van der Waals surface area contributed by atoms with Crippen molar-refractivity contribution in [2.45, 2.75) is 38.8 Å². The molecule has 0 fully saturated rings. The molecule has 6 aromatic rings. The first-order chi connectivity index (χ1) is 18.7. The third kappa shape index (κ3) is 5.24. The monoisotopic (exact) mass is 540 g/mol. The number of hydrogen-bond acceptors (Lipinski definition) is 4. The molecule has 0 aliphatic heterocycles. The lowest BCUT2D eigenvalue weighted by molar-refractivity contribution is 0.560. The maximum Gasteiger partial charge on any atom is 0.0784 e. The van der Waals surface area contributed by atoms with Crippen molar-refractivity contribution >= 4 is 56.0 Å². The second-order valence-electron chi connectivity index (χ2n) is 10.2. The van der Waals surface area contributed by atoms with Crippen LogP contribution in [0.1, 0.15) is 37.1 Å². The smallest absolute Gasteiger partial charge is 0.0784 e. The summed E-state index contributed by atoms with van der Waals surface area (Å²) in [5, 5.41) is 12.4. The van der Waals surface area contributed by atoms with E-state index in [9.17, 15) is 0 Å². The predicted molar refractivity (Wildman–Crippen MR) is 166 cm³/mol. The van der Waals surface area contributed by atoms with Crippen LogP contribution in [-0.2, 0) is 27.2 Å². The topological polar surface area (TPSA) is 59.7 Å². The van der Waals surface area contributed by atoms with Crippen molar-refractivity contribution in [3.05, 3.63) is 84.4 Å². The Hall–Kier alpha value is -3.45. The minimum Gasteiger partial charge on any atom is -0.342 e. The Bertz CT molecular complexity index is 1590. The highest BCUT2D eigenvalue weighted by Crippen LogP contribution is 2.30. The van der Waals surface area contributed by atoms with Crippen LogP contribution in [0.3, 0.4) is 0 Å². The normalized spacial score (nSPS) is 11.6. The zero-order valence-electron chi connectivity index (χ0n) is 22.8. The minimum absolute atomic E-state index is 0. The molecule has 0 aliphatic rings. The van der Waals surface area contributed by atoms with Crippen LogP contribution in [0.25, 0.3) is 43.6 Å². The van der Waals surface area contributed by atoms with Crippen molar-refractivity contribution < 1.29 is 0 Å². The number of fused-ring (bicyclic) bond motifs is 6. The van der Waals surface area contributed by atoms with Gasteiger partial charge in [0.15, 0.2) is 0 Å². The SMILES string of the molecule is Cl.Cn1c2ccccc2c2ccnc(CNCCCCCCNCc3nccc4c5ccccc5n(C)c34)c21. The highest BCUT2D eigenvalue weighted by Gasteiger charge is 2.13. The Morgan fingerprint density at radius 2 is 1.00 bits per heavy atom. The molecule has 202 valence electrons. The number of benzene rings is 2. The van der Waals surface area contributed by atoms with Gasteiger partial charge in [-0.05, 0) is 50.2 Å². The number of aryl methyl sites for hydroxylation is 2. The van der Waals surface area contributed by atoms with E-state index in [-0.39, 0.29) is 12.4 Å². The van der Waals surface area contributed by atoms with Crippen LogP contribution in [0.5, 0.6) is 0 Å². The number of aromatic nitrogens is 4. The average molecular weight is 541 g/mol. The van der Waals surface area contributed by atoms with E-state index < -0.39 is 0 Å². The van der Waals surface area contributed by atoms with Crippen molar-refractivity contribution in [1.29, 1.82) is 0 Å². The molecule has 39 heavy (non-hydrogen) atoms. The fraction of sp³-hybridized carbons (Fsp3) is 0.312. The van der Waals surface area contributed by atoms with E-state index in [1.165, 1.54) is 69.3 Å². The highest BCUT2D eigenvalue weighted by molar-refractivity contribution is 6.09. The lowest BCUT2D eigenvalue weighted by Crippen LogP contribution is -2.17. The molecule has 0 atom stereocenters. The van der Waals surface area contributed by atoms with Gasteiger partial charge in [-0.2, -0.15) is 0 Å². The Labute approximate surface area is 235 Å². The summed E-state index contributed by atoms with van der Waals surface area (Å²) in [6.45, 7) is 3.64. The minimum atomic E-state index is 0. The van der Waals surface area contributed by atoms with E-state index in [0.717, 1.165) is 37.6 Å². The summed E-state index contributed by atoms with van der Waals surface area (Å²) in [5.41, 5.74) is 7.24. The molecular weight excluding hydrogens is 504 g/mol. The van der Waals surface area contributed by atoms with Crippen molar-refractivity contribution in [2.75, 3.05) is 13.1 Å². The zero-order chi connectivity index (χ0) is 25.9. The van der Waals surface area contributed by atoms with Crippen LogP contribution in [0, 0.1) is 0 Å². The maximum atomic E-state index is 4.69. The van der Waals surface area contributed by atoms with Gasteiger partial charge in [0.05, 0.1) is 22.4 Å². The van der Waals surface area contributed by atoms with E-state index in [2.05, 4.69) is 94.5 Å². The summed E-state index contributed by atoms with van der Waals surface area (Å²) in [6, 6.07) is 21.4. The molecule has 6 rings (SSSR count). The van der Waals surface area contributed by atoms with Gasteiger partial charge in [0.2, 0.25) is 0 Å². The molecule has 0 unspecified atom stereocenters. The fourth-order valence-electron chi connectivity index (χ4n) is 5.93. The summed E-state index contributed by atoms with van der Waals surface area (Å²) in [5.74, 6) is 0. The maximum absolute atomic E-state index is 4.69. The summed E-state index contributed by atoms with van der Waals surface area (Å²) < 4.78 is 4.55. The van der Waals surface area contributed by atoms with Crippen LogP contribution in [0.4, 0.5) is 0 Å². The molecule has 0 saturated heterocycles. The largest absolute Gasteiger partial charge is 0.342 e. The van der Waals surface area contributed by atoms with E-state index >= 15 is 0 Å². The highest BCUT2D eigenvalue weighted by atomic mass is 35.5. The first kappa shape index (κ1) is 27.1. The van der Waals surface area contributed by atoms with Gasteiger partial charge in [0, 0.05) is 72.2 Å². The molecule has 4 aromatic heterocycles. The number of halogens is 1. The van der Waals surface area contributed by atoms with Crippen molar-refractivity contribution in [1.82, 2.24) is 29.7 Å². The quantitative estimate of drug-likeness (QED) is 0.181. The van der Waals surface area contributed by atoms with E-state index in [0.29, 0.717) is 0 Å². The Morgan fingerprint density at radius 3 is 1.46 bits per heavy atom. The number of pyridine rings is 2. The van der Waals surface area contributed by atoms with Crippen LogP contribution in [-0.4, -0.2) is 32.2 Å². The number of para-hydroxylation sites is 2. The number of nitrogens with zero attached hydrogens (tertiary/aromatic N) is 4. The average Bonchev–Trinajstić information content (AvgIpc) is 3.42. The first-order valence-electron chi connectivity index (χ1n) is 13.8. The molecular formula is C32H37ClN6. The van der Waals surface area contributed by atoms with Crippen LogP contribution < -0.4 is 10.6 Å². The molecule has 0 bridgehead atoms. The van der Waals surface area contributed by atoms with E-state index in [4.69, 9.17) is 9.97 Å². The molecule has 0 spiro atoms. The summed E-state index contributed by atoms with van der Waals surface area (Å²) in [7, 11) is 4.28. The molecule has 7 heteroatoms. The number of rotatable bonds is 11. The van der Waals surface area contributed by atoms with Gasteiger partial charge in [-0.3, -0.25) is 9.97 Å². The zero-order valence-corrected chi connectivity index (χ0v) is 23.6. The Balaban J connectivity index is 0.00000308. The summed E-state index contributed by atoms with van der Waals surface area (Å²) in [6.07, 6.45) is 8.71. The van der Waals surface area contributed by atoms with E-state index in [1.807, 2.05) is 12.4 Å². The van der Waals surface area contributed by atoms with Gasteiger partial charge in [0.25, 0.3) is 0 Å². The molecule has 0 aliphatic carbocycles. The standard InChI is InChI=1S/C32H36N6.ClH/c1-37-29-13-7-5-11-23(29)25-15-19-35-27(31(25)37)21-33-17-9-3-4-10-18-34-22-28-32-26(16-20-36-28)24-12-6-8-14-30(24)38(32)2;/h5-8,11-16,19-20,33-34H,3-4,9-10,17-18,21-22H2,1-2H3;1H. The number of unbranched alkanes of at least 4 members (excludes halogenated alkanes) is 3. The third-order valence-electron chi connectivity index (χ3n) is 7.82. The van der Waals surface area contributed by atoms with Crippen molar-refractivity contribution in [3.8, 4) is 0 Å². The number of nitrogens with one attached hydrogen (secondary N) is 2. The van der Waals surface area contributed by atoms with Gasteiger partial charge in [-0.1, -0.05) is 49.2 Å². The molecule has 0 amide bonds. The fourth-order valence-corrected chi connectivity index (χ4v) is 5.93. The van der Waals surface area contributed by atoms with Crippen LogP contribution >= 0.6 is 12.4 Å². The van der Waals surface area contributed by atoms with Gasteiger partial charge in [-0.15, -0.1) is 12.4 Å². The first-order valence-corrected chi connectivity index (χ1v) is 13.8. The van der Waals surface area contributed by atoms with E-state index in [1.54, 1.807) is 0 Å². The predicted octanol–water partition coefficient (Wildman–Crippen LogP) is 6.63. The second kappa shape index (κ2) is 12.2. The molecule has 0 radical (unpaired) electrons. The molecule has 4 heterocycles. The molecule has 2 aromatic carbocycles.